The van der Waals surface area contributed by atoms with E-state index >= 15 is 0 Å². The molecule has 4 bridgehead atoms. The molecule has 3 heterocycles. The maximum Gasteiger partial charge on any atom is 0.163 e. The minimum Gasteiger partial charge on any atom is -0.492 e. The van der Waals surface area contributed by atoms with Gasteiger partial charge in [0, 0.05) is 24.0 Å². The number of fused-ring (bicyclic) bond motifs is 4. The summed E-state index contributed by atoms with van der Waals surface area (Å²) in [7, 11) is 0. The molecule has 0 spiro atoms. The molecule has 25 heavy (non-hydrogen) atoms. The number of hydrogen-bond donors (Lipinski definition) is 1. The average molecular weight is 336 g/mol. The van der Waals surface area contributed by atoms with Crippen molar-refractivity contribution < 1.29 is 4.74 Å². The SMILES string of the molecule is c1cc2cc(c1)-c1cnn3ccc(nc13)CCCCCCNCCO2. The van der Waals surface area contributed by atoms with Crippen molar-refractivity contribution in [1.82, 2.24) is 19.9 Å². The fourth-order valence-electron chi connectivity index (χ4n) is 3.28. The number of rotatable bonds is 0. The number of benzene rings is 1. The first kappa shape index (κ1) is 16.1. The van der Waals surface area contributed by atoms with Crippen LogP contribution in [0.15, 0.2) is 42.7 Å². The lowest BCUT2D eigenvalue weighted by atomic mass is 10.1. The highest BCUT2D eigenvalue weighted by Crippen LogP contribution is 2.27. The quantitative estimate of drug-likeness (QED) is 0.683. The monoisotopic (exact) mass is 336 g/mol. The molecule has 0 unspecified atom stereocenters. The zero-order valence-electron chi connectivity index (χ0n) is 14.4. The van der Waals surface area contributed by atoms with Crippen molar-refractivity contribution in [2.75, 3.05) is 19.7 Å². The summed E-state index contributed by atoms with van der Waals surface area (Å²) < 4.78 is 7.74. The third kappa shape index (κ3) is 3.82. The zero-order chi connectivity index (χ0) is 16.9. The molecule has 0 saturated heterocycles. The van der Waals surface area contributed by atoms with Crippen LogP contribution in [0.5, 0.6) is 5.75 Å². The van der Waals surface area contributed by atoms with Gasteiger partial charge in [0.2, 0.25) is 0 Å². The molecule has 0 atom stereocenters. The van der Waals surface area contributed by atoms with Crippen molar-refractivity contribution in [3.8, 4) is 16.9 Å². The van der Waals surface area contributed by atoms with Gasteiger partial charge in [-0.15, -0.1) is 0 Å². The molecule has 1 aromatic carbocycles. The van der Waals surface area contributed by atoms with E-state index in [1.807, 2.05) is 29.0 Å². The standard InChI is InChI=1S/C20H24N4O/c1-2-4-10-21-11-13-25-18-8-5-6-16(14-18)19-15-22-24-12-9-17(7-3-1)23-20(19)24/h5-6,8-9,12,14-15,21H,1-4,7,10-11,13H2. The molecule has 0 saturated carbocycles. The maximum absolute atomic E-state index is 5.89. The van der Waals surface area contributed by atoms with Crippen molar-refractivity contribution in [2.45, 2.75) is 32.1 Å². The number of aromatic nitrogens is 3. The van der Waals surface area contributed by atoms with Crippen LogP contribution < -0.4 is 10.1 Å². The first-order chi connectivity index (χ1) is 12.4. The second kappa shape index (κ2) is 7.66. The third-order valence-electron chi connectivity index (χ3n) is 4.66. The van der Waals surface area contributed by atoms with E-state index in [0.29, 0.717) is 6.61 Å². The Morgan fingerprint density at radius 3 is 3.00 bits per heavy atom. The molecule has 2 aromatic heterocycles. The van der Waals surface area contributed by atoms with Crippen molar-refractivity contribution >= 4 is 5.65 Å². The molecule has 130 valence electrons. The maximum atomic E-state index is 5.89. The highest BCUT2D eigenvalue weighted by Gasteiger charge is 2.10. The Bertz CT molecular complexity index is 843. The molecular weight excluding hydrogens is 312 g/mol. The van der Waals surface area contributed by atoms with Gasteiger partial charge in [0.05, 0.1) is 6.20 Å². The van der Waals surface area contributed by atoms with E-state index in [4.69, 9.17) is 9.72 Å². The molecule has 1 N–H and O–H groups in total. The first-order valence-electron chi connectivity index (χ1n) is 9.17. The lowest BCUT2D eigenvalue weighted by Crippen LogP contribution is -2.22. The van der Waals surface area contributed by atoms with Gasteiger partial charge in [0.1, 0.15) is 12.4 Å². The fourth-order valence-corrected chi connectivity index (χ4v) is 3.28. The lowest BCUT2D eigenvalue weighted by Gasteiger charge is -2.08. The Hall–Kier alpha value is -2.40. The first-order valence-corrected chi connectivity index (χ1v) is 9.17. The third-order valence-corrected chi connectivity index (χ3v) is 4.66. The normalized spacial score (nSPS) is 16.5. The molecule has 0 aliphatic carbocycles. The van der Waals surface area contributed by atoms with Crippen LogP contribution in [0.25, 0.3) is 16.8 Å². The van der Waals surface area contributed by atoms with Gasteiger partial charge in [-0.05, 0) is 49.6 Å². The van der Waals surface area contributed by atoms with Crippen LogP contribution in [0.1, 0.15) is 31.4 Å². The molecule has 0 amide bonds. The number of hydrogen-bond acceptors (Lipinski definition) is 4. The van der Waals surface area contributed by atoms with Gasteiger partial charge in [-0.3, -0.25) is 0 Å². The van der Waals surface area contributed by atoms with E-state index in [-0.39, 0.29) is 0 Å². The molecular formula is C20H24N4O. The minimum atomic E-state index is 0.681. The van der Waals surface area contributed by atoms with Crippen molar-refractivity contribution in [3.05, 3.63) is 48.4 Å². The highest BCUT2D eigenvalue weighted by atomic mass is 16.5. The number of ether oxygens (including phenoxy) is 1. The minimum absolute atomic E-state index is 0.681. The van der Waals surface area contributed by atoms with Crippen LogP contribution in [0.3, 0.4) is 0 Å². The fraction of sp³-hybridized carbons (Fsp3) is 0.400. The molecule has 4 rings (SSSR count). The summed E-state index contributed by atoms with van der Waals surface area (Å²) in [5.74, 6) is 0.888. The summed E-state index contributed by atoms with van der Waals surface area (Å²) in [6, 6.07) is 10.3. The predicted molar refractivity (Wildman–Crippen MR) is 99.0 cm³/mol. The van der Waals surface area contributed by atoms with E-state index < -0.39 is 0 Å². The second-order valence-corrected chi connectivity index (χ2v) is 6.54. The van der Waals surface area contributed by atoms with Gasteiger partial charge in [0.25, 0.3) is 0 Å². The molecule has 0 radical (unpaired) electrons. The molecule has 5 heteroatoms. The van der Waals surface area contributed by atoms with E-state index in [1.54, 1.807) is 0 Å². The van der Waals surface area contributed by atoms with Gasteiger partial charge < -0.3 is 10.1 Å². The summed E-state index contributed by atoms with van der Waals surface area (Å²) in [5.41, 5.74) is 4.20. The molecule has 0 fully saturated rings. The largest absolute Gasteiger partial charge is 0.492 e. The van der Waals surface area contributed by atoms with Crippen molar-refractivity contribution in [3.63, 3.8) is 0 Å². The highest BCUT2D eigenvalue weighted by molar-refractivity contribution is 5.77. The van der Waals surface area contributed by atoms with E-state index in [2.05, 4.69) is 28.6 Å². The van der Waals surface area contributed by atoms with Gasteiger partial charge in [-0.1, -0.05) is 25.0 Å². The Labute approximate surface area is 148 Å². The number of aryl methyl sites for hydroxylation is 1. The smallest absolute Gasteiger partial charge is 0.163 e. The number of nitrogens with zero attached hydrogens (tertiary/aromatic N) is 3. The summed E-state index contributed by atoms with van der Waals surface area (Å²) >= 11 is 0. The van der Waals surface area contributed by atoms with Crippen LogP contribution in [-0.4, -0.2) is 34.3 Å². The molecule has 1 aliphatic heterocycles. The van der Waals surface area contributed by atoms with Gasteiger partial charge in [-0.25, -0.2) is 9.50 Å². The summed E-state index contributed by atoms with van der Waals surface area (Å²) in [4.78, 5) is 4.86. The van der Waals surface area contributed by atoms with Crippen LogP contribution in [0.2, 0.25) is 0 Å². The van der Waals surface area contributed by atoms with Crippen LogP contribution in [0.4, 0.5) is 0 Å². The molecule has 3 aromatic rings. The Kier molecular flexibility index (Phi) is 4.93. The van der Waals surface area contributed by atoms with Crippen LogP contribution in [-0.2, 0) is 6.42 Å². The van der Waals surface area contributed by atoms with E-state index in [0.717, 1.165) is 47.7 Å². The van der Waals surface area contributed by atoms with E-state index in [1.165, 1.54) is 25.7 Å². The predicted octanol–water partition coefficient (Wildman–Crippen LogP) is 3.48. The topological polar surface area (TPSA) is 51.5 Å². The van der Waals surface area contributed by atoms with Crippen LogP contribution in [0, 0.1) is 0 Å². The van der Waals surface area contributed by atoms with Gasteiger partial charge in [-0.2, -0.15) is 5.10 Å². The van der Waals surface area contributed by atoms with Crippen molar-refractivity contribution in [2.24, 2.45) is 0 Å². The van der Waals surface area contributed by atoms with Gasteiger partial charge in [0.15, 0.2) is 5.65 Å². The Morgan fingerprint density at radius 2 is 2.00 bits per heavy atom. The second-order valence-electron chi connectivity index (χ2n) is 6.54. The average Bonchev–Trinajstić information content (AvgIpc) is 3.06. The van der Waals surface area contributed by atoms with Gasteiger partial charge >= 0.3 is 0 Å². The lowest BCUT2D eigenvalue weighted by molar-refractivity contribution is 0.313. The van der Waals surface area contributed by atoms with Crippen molar-refractivity contribution in [1.29, 1.82) is 0 Å². The summed E-state index contributed by atoms with van der Waals surface area (Å²) in [6.07, 6.45) is 9.84. The van der Waals surface area contributed by atoms with E-state index in [9.17, 15) is 0 Å². The number of nitrogens with one attached hydrogen (secondary N) is 1. The van der Waals surface area contributed by atoms with Crippen LogP contribution >= 0.6 is 0 Å². The Morgan fingerprint density at radius 1 is 1.04 bits per heavy atom. The Balaban J connectivity index is 1.68. The summed E-state index contributed by atoms with van der Waals surface area (Å²) in [5, 5.41) is 7.90. The summed E-state index contributed by atoms with van der Waals surface area (Å²) in [6.45, 7) is 2.62. The zero-order valence-corrected chi connectivity index (χ0v) is 14.4. The molecule has 1 aliphatic rings. The molecule has 5 nitrogen and oxygen atoms in total.